The Labute approximate surface area is 132 Å². The second kappa shape index (κ2) is 6.66. The van der Waals surface area contributed by atoms with Crippen LogP contribution < -0.4 is 4.74 Å². The zero-order valence-electron chi connectivity index (χ0n) is 11.1. The summed E-state index contributed by atoms with van der Waals surface area (Å²) in [6, 6.07) is 11.8. The minimum Gasteiger partial charge on any atom is -0.497 e. The summed E-state index contributed by atoms with van der Waals surface area (Å²) in [4.78, 5) is 11.5. The largest absolute Gasteiger partial charge is 0.497 e. The number of aliphatic carboxylic acids is 1. The van der Waals surface area contributed by atoms with Gasteiger partial charge in [-0.25, -0.2) is 4.79 Å². The van der Waals surface area contributed by atoms with Crippen molar-refractivity contribution < 1.29 is 14.6 Å². The third-order valence-corrected chi connectivity index (χ3v) is 3.44. The first-order valence-corrected chi connectivity index (χ1v) is 6.81. The SMILES string of the molecule is COc1ccc(/C=C(\C(=O)O)c2cc(Cl)ccc2Cl)cc1. The number of carboxylic acid groups (broad SMARTS) is 1. The predicted molar refractivity (Wildman–Crippen MR) is 85.0 cm³/mol. The Hall–Kier alpha value is -1.97. The van der Waals surface area contributed by atoms with E-state index in [1.165, 1.54) is 6.07 Å². The Morgan fingerprint density at radius 3 is 2.38 bits per heavy atom. The Morgan fingerprint density at radius 1 is 1.14 bits per heavy atom. The highest BCUT2D eigenvalue weighted by molar-refractivity contribution is 6.37. The number of hydrogen-bond acceptors (Lipinski definition) is 2. The van der Waals surface area contributed by atoms with Crippen molar-refractivity contribution in [2.75, 3.05) is 7.11 Å². The van der Waals surface area contributed by atoms with Gasteiger partial charge in [-0.15, -0.1) is 0 Å². The second-order valence-electron chi connectivity index (χ2n) is 4.26. The van der Waals surface area contributed by atoms with E-state index in [0.29, 0.717) is 21.4 Å². The van der Waals surface area contributed by atoms with Crippen LogP contribution in [0.3, 0.4) is 0 Å². The smallest absolute Gasteiger partial charge is 0.336 e. The summed E-state index contributed by atoms with van der Waals surface area (Å²) in [5, 5.41) is 10.2. The van der Waals surface area contributed by atoms with Crippen LogP contribution in [-0.4, -0.2) is 18.2 Å². The lowest BCUT2D eigenvalue weighted by Gasteiger charge is -2.07. The lowest BCUT2D eigenvalue weighted by Crippen LogP contribution is -2.00. The van der Waals surface area contributed by atoms with E-state index in [1.54, 1.807) is 49.6 Å². The Morgan fingerprint density at radius 2 is 1.81 bits per heavy atom. The number of hydrogen-bond donors (Lipinski definition) is 1. The monoisotopic (exact) mass is 322 g/mol. The molecule has 0 unspecified atom stereocenters. The summed E-state index contributed by atoms with van der Waals surface area (Å²) < 4.78 is 5.07. The van der Waals surface area contributed by atoms with E-state index in [0.717, 1.165) is 5.56 Å². The van der Waals surface area contributed by atoms with E-state index in [4.69, 9.17) is 27.9 Å². The highest BCUT2D eigenvalue weighted by atomic mass is 35.5. The second-order valence-corrected chi connectivity index (χ2v) is 5.10. The van der Waals surface area contributed by atoms with E-state index < -0.39 is 5.97 Å². The van der Waals surface area contributed by atoms with Crippen molar-refractivity contribution in [3.05, 3.63) is 63.6 Å². The standard InChI is InChI=1S/C16H12Cl2O3/c1-21-12-5-2-10(3-6-12)8-14(16(19)20)13-9-11(17)4-7-15(13)18/h2-9H,1H3,(H,19,20)/b14-8-. The van der Waals surface area contributed by atoms with Crippen molar-refractivity contribution >= 4 is 40.8 Å². The molecular formula is C16H12Cl2O3. The molecule has 5 heteroatoms. The van der Waals surface area contributed by atoms with Gasteiger partial charge in [-0.3, -0.25) is 0 Å². The molecule has 0 aliphatic carbocycles. The molecule has 0 aliphatic heterocycles. The van der Waals surface area contributed by atoms with Crippen LogP contribution in [0.15, 0.2) is 42.5 Å². The molecule has 2 aromatic carbocycles. The topological polar surface area (TPSA) is 46.5 Å². The fourth-order valence-corrected chi connectivity index (χ4v) is 2.22. The molecular weight excluding hydrogens is 311 g/mol. The molecule has 0 aromatic heterocycles. The van der Waals surface area contributed by atoms with Crippen molar-refractivity contribution in [3.8, 4) is 5.75 Å². The van der Waals surface area contributed by atoms with Crippen LogP contribution in [0.1, 0.15) is 11.1 Å². The van der Waals surface area contributed by atoms with Crippen molar-refractivity contribution in [1.29, 1.82) is 0 Å². The van der Waals surface area contributed by atoms with Crippen LogP contribution in [0.4, 0.5) is 0 Å². The molecule has 0 heterocycles. The Balaban J connectivity index is 2.49. The fraction of sp³-hybridized carbons (Fsp3) is 0.0625. The van der Waals surface area contributed by atoms with Crippen LogP contribution in [0, 0.1) is 0 Å². The van der Waals surface area contributed by atoms with E-state index in [2.05, 4.69) is 0 Å². The third-order valence-electron chi connectivity index (χ3n) is 2.88. The zero-order chi connectivity index (χ0) is 15.4. The molecule has 3 nitrogen and oxygen atoms in total. The molecule has 0 atom stereocenters. The number of benzene rings is 2. The van der Waals surface area contributed by atoms with Gasteiger partial charge in [0, 0.05) is 15.6 Å². The minimum absolute atomic E-state index is 0.0765. The maximum atomic E-state index is 11.5. The molecule has 0 spiro atoms. The molecule has 2 aromatic rings. The molecule has 2 rings (SSSR count). The maximum absolute atomic E-state index is 11.5. The average Bonchev–Trinajstić information content (AvgIpc) is 2.48. The van der Waals surface area contributed by atoms with Crippen molar-refractivity contribution in [3.63, 3.8) is 0 Å². The fourth-order valence-electron chi connectivity index (χ4n) is 1.83. The van der Waals surface area contributed by atoms with Gasteiger partial charge in [-0.05, 0) is 42.0 Å². The summed E-state index contributed by atoms with van der Waals surface area (Å²) >= 11 is 12.0. The predicted octanol–water partition coefficient (Wildman–Crippen LogP) is 4.63. The van der Waals surface area contributed by atoms with Crippen molar-refractivity contribution in [2.24, 2.45) is 0 Å². The number of halogens is 2. The van der Waals surface area contributed by atoms with Crippen molar-refractivity contribution in [2.45, 2.75) is 0 Å². The molecule has 108 valence electrons. The van der Waals surface area contributed by atoms with Gasteiger partial charge in [0.05, 0.1) is 12.7 Å². The first kappa shape index (κ1) is 15.4. The maximum Gasteiger partial charge on any atom is 0.336 e. The van der Waals surface area contributed by atoms with Crippen LogP contribution in [0.5, 0.6) is 5.75 Å². The van der Waals surface area contributed by atoms with Crippen LogP contribution >= 0.6 is 23.2 Å². The van der Waals surface area contributed by atoms with E-state index >= 15 is 0 Å². The number of ether oxygens (including phenoxy) is 1. The lowest BCUT2D eigenvalue weighted by molar-refractivity contribution is -0.130. The normalized spacial score (nSPS) is 11.3. The van der Waals surface area contributed by atoms with Gasteiger partial charge < -0.3 is 9.84 Å². The van der Waals surface area contributed by atoms with E-state index in [9.17, 15) is 9.90 Å². The average molecular weight is 323 g/mol. The highest BCUT2D eigenvalue weighted by Gasteiger charge is 2.14. The molecule has 0 saturated carbocycles. The van der Waals surface area contributed by atoms with Gasteiger partial charge in [-0.1, -0.05) is 35.3 Å². The summed E-state index contributed by atoms with van der Waals surface area (Å²) in [6.45, 7) is 0. The molecule has 0 fully saturated rings. The van der Waals surface area contributed by atoms with Crippen LogP contribution in [-0.2, 0) is 4.79 Å². The van der Waals surface area contributed by atoms with Gasteiger partial charge in [0.1, 0.15) is 5.75 Å². The summed E-state index contributed by atoms with van der Waals surface area (Å²) in [6.07, 6.45) is 1.54. The van der Waals surface area contributed by atoms with Gasteiger partial charge in [-0.2, -0.15) is 0 Å². The molecule has 21 heavy (non-hydrogen) atoms. The molecule has 0 amide bonds. The first-order valence-electron chi connectivity index (χ1n) is 6.05. The molecule has 0 radical (unpaired) electrons. The van der Waals surface area contributed by atoms with E-state index in [-0.39, 0.29) is 5.57 Å². The summed E-state index contributed by atoms with van der Waals surface area (Å²) in [7, 11) is 1.57. The Kier molecular flexibility index (Phi) is 4.89. The summed E-state index contributed by atoms with van der Waals surface area (Å²) in [5.74, 6) is -0.375. The number of methoxy groups -OCH3 is 1. The minimum atomic E-state index is -1.07. The number of carbonyl (C=O) groups is 1. The van der Waals surface area contributed by atoms with Crippen LogP contribution in [0.2, 0.25) is 10.0 Å². The lowest BCUT2D eigenvalue weighted by atomic mass is 10.0. The summed E-state index contributed by atoms with van der Waals surface area (Å²) in [5.41, 5.74) is 1.18. The van der Waals surface area contributed by atoms with E-state index in [1.807, 2.05) is 0 Å². The third kappa shape index (κ3) is 3.78. The first-order chi connectivity index (χ1) is 10.0. The van der Waals surface area contributed by atoms with Crippen LogP contribution in [0.25, 0.3) is 11.6 Å². The zero-order valence-corrected chi connectivity index (χ0v) is 12.7. The number of carboxylic acids is 1. The van der Waals surface area contributed by atoms with Crippen molar-refractivity contribution in [1.82, 2.24) is 0 Å². The number of rotatable bonds is 4. The highest BCUT2D eigenvalue weighted by Crippen LogP contribution is 2.29. The van der Waals surface area contributed by atoms with Gasteiger partial charge in [0.25, 0.3) is 0 Å². The van der Waals surface area contributed by atoms with Gasteiger partial charge in [0.2, 0.25) is 0 Å². The Bertz CT molecular complexity index is 691. The quantitative estimate of drug-likeness (QED) is 0.659. The molecule has 0 aliphatic rings. The molecule has 1 N–H and O–H groups in total. The van der Waals surface area contributed by atoms with Gasteiger partial charge in [0.15, 0.2) is 0 Å². The molecule has 0 saturated heterocycles. The van der Waals surface area contributed by atoms with Gasteiger partial charge >= 0.3 is 5.97 Å². The molecule has 0 bridgehead atoms.